The van der Waals surface area contributed by atoms with Gasteiger partial charge >= 0.3 is 6.03 Å². The molecule has 0 radical (unpaired) electrons. The highest BCUT2D eigenvalue weighted by molar-refractivity contribution is 6.04. The lowest BCUT2D eigenvalue weighted by Crippen LogP contribution is -2.49. The fraction of sp³-hybridized carbons (Fsp3) is 0.200. The van der Waals surface area contributed by atoms with Crippen LogP contribution >= 0.6 is 0 Å². The lowest BCUT2D eigenvalue weighted by Gasteiger charge is -2.35. The number of anilines is 2. The van der Waals surface area contributed by atoms with Crippen LogP contribution in [0.4, 0.5) is 20.6 Å². The third-order valence-electron chi connectivity index (χ3n) is 5.42. The Morgan fingerprint density at radius 3 is 2.41 bits per heavy atom. The van der Waals surface area contributed by atoms with Gasteiger partial charge in [-0.05, 0) is 61.0 Å². The van der Waals surface area contributed by atoms with Crippen molar-refractivity contribution in [2.75, 3.05) is 30.4 Å². The van der Waals surface area contributed by atoms with Gasteiger partial charge in [0.1, 0.15) is 11.6 Å². The van der Waals surface area contributed by atoms with Crippen LogP contribution in [0.15, 0.2) is 72.8 Å². The van der Waals surface area contributed by atoms with Crippen LogP contribution in [0.25, 0.3) is 0 Å². The third kappa shape index (κ3) is 4.72. The topological polar surface area (TPSA) is 61.9 Å². The average molecular weight is 433 g/mol. The summed E-state index contributed by atoms with van der Waals surface area (Å²) in [6.45, 7) is 1.38. The number of benzene rings is 3. The Morgan fingerprint density at radius 2 is 1.72 bits per heavy atom. The maximum atomic E-state index is 14.0. The Morgan fingerprint density at radius 1 is 1.00 bits per heavy atom. The van der Waals surface area contributed by atoms with Crippen LogP contribution in [0, 0.1) is 5.82 Å². The number of amides is 3. The molecule has 1 aliphatic rings. The second-order valence-corrected chi connectivity index (χ2v) is 7.53. The minimum absolute atomic E-state index is 0.171. The maximum absolute atomic E-state index is 14.0. The molecule has 0 aromatic heterocycles. The van der Waals surface area contributed by atoms with Crippen molar-refractivity contribution in [3.05, 3.63) is 89.7 Å². The highest BCUT2D eigenvalue weighted by Gasteiger charge is 2.27. The van der Waals surface area contributed by atoms with Gasteiger partial charge in [0, 0.05) is 35.6 Å². The molecular formula is C25H24FN3O3. The molecule has 0 spiro atoms. The molecule has 1 N–H and O–H groups in total. The van der Waals surface area contributed by atoms with Gasteiger partial charge in [-0.3, -0.25) is 9.69 Å². The predicted molar refractivity (Wildman–Crippen MR) is 122 cm³/mol. The molecular weight excluding hydrogens is 409 g/mol. The lowest BCUT2D eigenvalue weighted by molar-refractivity contribution is 0.102. The van der Waals surface area contributed by atoms with E-state index in [0.29, 0.717) is 41.3 Å². The molecule has 0 atom stereocenters. The minimum Gasteiger partial charge on any atom is -0.497 e. The predicted octanol–water partition coefficient (Wildman–Crippen LogP) is 4.92. The molecule has 0 aliphatic carbocycles. The molecule has 6 nitrogen and oxygen atoms in total. The molecule has 3 aromatic carbocycles. The number of ether oxygens (including phenoxy) is 1. The van der Waals surface area contributed by atoms with Gasteiger partial charge in [0.05, 0.1) is 13.7 Å². The highest BCUT2D eigenvalue weighted by Crippen LogP contribution is 2.23. The van der Waals surface area contributed by atoms with Crippen molar-refractivity contribution in [1.82, 2.24) is 4.90 Å². The molecule has 1 fully saturated rings. The molecule has 0 saturated carbocycles. The van der Waals surface area contributed by atoms with Crippen molar-refractivity contribution in [3.63, 3.8) is 0 Å². The largest absolute Gasteiger partial charge is 0.497 e. The molecule has 3 aromatic rings. The van der Waals surface area contributed by atoms with E-state index in [1.807, 2.05) is 0 Å². The second kappa shape index (κ2) is 9.51. The van der Waals surface area contributed by atoms with E-state index in [0.717, 1.165) is 6.42 Å². The van der Waals surface area contributed by atoms with E-state index in [1.54, 1.807) is 83.6 Å². The number of rotatable bonds is 6. The summed E-state index contributed by atoms with van der Waals surface area (Å²) in [6.07, 6.45) is 0.778. The van der Waals surface area contributed by atoms with Gasteiger partial charge in [-0.2, -0.15) is 0 Å². The number of hydrogen-bond donors (Lipinski definition) is 1. The van der Waals surface area contributed by atoms with E-state index in [-0.39, 0.29) is 24.3 Å². The van der Waals surface area contributed by atoms with E-state index in [2.05, 4.69) is 5.32 Å². The molecule has 32 heavy (non-hydrogen) atoms. The SMILES string of the molecule is COc1ccc(NC(=O)c2ccc(N3CCCN(Cc4ccccc4F)C3=O)cc2)cc1. The van der Waals surface area contributed by atoms with Crippen LogP contribution in [0.2, 0.25) is 0 Å². The summed E-state index contributed by atoms with van der Waals surface area (Å²) in [5, 5.41) is 2.84. The van der Waals surface area contributed by atoms with E-state index in [9.17, 15) is 14.0 Å². The zero-order valence-corrected chi connectivity index (χ0v) is 17.8. The van der Waals surface area contributed by atoms with E-state index in [4.69, 9.17) is 4.74 Å². The van der Waals surface area contributed by atoms with Crippen molar-refractivity contribution >= 4 is 23.3 Å². The molecule has 1 heterocycles. The molecule has 1 aliphatic heterocycles. The van der Waals surface area contributed by atoms with Crippen molar-refractivity contribution in [3.8, 4) is 5.75 Å². The standard InChI is InChI=1S/C25H24FN3O3/c1-32-22-13-9-20(10-14-22)27-24(30)18-7-11-21(12-8-18)29-16-4-15-28(25(29)31)17-19-5-2-3-6-23(19)26/h2-3,5-14H,4,15-17H2,1H3,(H,27,30). The number of urea groups is 1. The number of carbonyl (C=O) groups excluding carboxylic acids is 2. The van der Waals surface area contributed by atoms with Crippen molar-refractivity contribution in [2.24, 2.45) is 0 Å². The van der Waals surface area contributed by atoms with Crippen molar-refractivity contribution in [1.29, 1.82) is 0 Å². The Bertz CT molecular complexity index is 1100. The molecule has 4 rings (SSSR count). The molecule has 3 amide bonds. The van der Waals surface area contributed by atoms with Crippen LogP contribution < -0.4 is 15.0 Å². The van der Waals surface area contributed by atoms with Gasteiger partial charge in [0.2, 0.25) is 0 Å². The Labute approximate surface area is 186 Å². The number of nitrogens with zero attached hydrogens (tertiary/aromatic N) is 2. The van der Waals surface area contributed by atoms with Gasteiger partial charge < -0.3 is 15.0 Å². The Balaban J connectivity index is 1.42. The van der Waals surface area contributed by atoms with Crippen LogP contribution in [0.3, 0.4) is 0 Å². The Kier molecular flexibility index (Phi) is 6.35. The first-order valence-corrected chi connectivity index (χ1v) is 10.4. The van der Waals surface area contributed by atoms with E-state index >= 15 is 0 Å². The van der Waals surface area contributed by atoms with Crippen LogP contribution in [-0.4, -0.2) is 37.0 Å². The zero-order chi connectivity index (χ0) is 22.5. The number of halogens is 1. The normalized spacial score (nSPS) is 13.8. The van der Waals surface area contributed by atoms with Crippen LogP contribution in [0.1, 0.15) is 22.3 Å². The summed E-state index contributed by atoms with van der Waals surface area (Å²) in [5.41, 5.74) is 2.34. The smallest absolute Gasteiger partial charge is 0.324 e. The summed E-state index contributed by atoms with van der Waals surface area (Å²) < 4.78 is 19.1. The van der Waals surface area contributed by atoms with Gasteiger partial charge in [-0.1, -0.05) is 18.2 Å². The molecule has 0 unspecified atom stereocenters. The van der Waals surface area contributed by atoms with Crippen LogP contribution in [0.5, 0.6) is 5.75 Å². The molecule has 164 valence electrons. The molecule has 7 heteroatoms. The zero-order valence-electron chi connectivity index (χ0n) is 17.8. The van der Waals surface area contributed by atoms with Gasteiger partial charge in [-0.25, -0.2) is 9.18 Å². The summed E-state index contributed by atoms with van der Waals surface area (Å²) in [6, 6.07) is 20.3. The van der Waals surface area contributed by atoms with Gasteiger partial charge in [0.15, 0.2) is 0 Å². The number of nitrogens with one attached hydrogen (secondary N) is 1. The number of hydrogen-bond acceptors (Lipinski definition) is 3. The minimum atomic E-state index is -0.315. The fourth-order valence-corrected chi connectivity index (χ4v) is 3.67. The first kappa shape index (κ1) is 21.4. The summed E-state index contributed by atoms with van der Waals surface area (Å²) in [7, 11) is 1.58. The molecule has 1 saturated heterocycles. The first-order chi connectivity index (χ1) is 15.5. The van der Waals surface area contributed by atoms with Gasteiger partial charge in [0.25, 0.3) is 5.91 Å². The molecule has 0 bridgehead atoms. The summed E-state index contributed by atoms with van der Waals surface area (Å²) >= 11 is 0. The number of carbonyl (C=O) groups is 2. The van der Waals surface area contributed by atoms with E-state index < -0.39 is 0 Å². The third-order valence-corrected chi connectivity index (χ3v) is 5.42. The van der Waals surface area contributed by atoms with Crippen LogP contribution in [-0.2, 0) is 6.54 Å². The van der Waals surface area contributed by atoms with Gasteiger partial charge in [-0.15, -0.1) is 0 Å². The summed E-state index contributed by atoms with van der Waals surface area (Å²) in [4.78, 5) is 28.8. The second-order valence-electron chi connectivity index (χ2n) is 7.53. The van der Waals surface area contributed by atoms with Crippen molar-refractivity contribution in [2.45, 2.75) is 13.0 Å². The maximum Gasteiger partial charge on any atom is 0.324 e. The monoisotopic (exact) mass is 433 g/mol. The quantitative estimate of drug-likeness (QED) is 0.600. The number of methoxy groups -OCH3 is 1. The van der Waals surface area contributed by atoms with Crippen molar-refractivity contribution < 1.29 is 18.7 Å². The average Bonchev–Trinajstić information content (AvgIpc) is 2.82. The highest BCUT2D eigenvalue weighted by atomic mass is 19.1. The summed E-state index contributed by atoms with van der Waals surface area (Å²) in [5.74, 6) is 0.153. The first-order valence-electron chi connectivity index (χ1n) is 10.4. The lowest BCUT2D eigenvalue weighted by atomic mass is 10.1. The fourth-order valence-electron chi connectivity index (χ4n) is 3.67. The Hall–Kier alpha value is -3.87. The van der Waals surface area contributed by atoms with E-state index in [1.165, 1.54) is 6.07 Å².